The first-order chi connectivity index (χ1) is 17.4. The summed E-state index contributed by atoms with van der Waals surface area (Å²) in [6.45, 7) is 0.229. The normalized spacial score (nSPS) is 11.3. The van der Waals surface area contributed by atoms with Crippen molar-refractivity contribution in [2.75, 3.05) is 24.2 Å². The quantitative estimate of drug-likeness (QED) is 0.183. The highest BCUT2D eigenvalue weighted by molar-refractivity contribution is 9.10. The Balaban J connectivity index is 1.50. The van der Waals surface area contributed by atoms with E-state index in [0.29, 0.717) is 16.9 Å². The van der Waals surface area contributed by atoms with Crippen LogP contribution in [-0.2, 0) is 16.8 Å². The summed E-state index contributed by atoms with van der Waals surface area (Å²) in [6, 6.07) is 10.8. The maximum Gasteiger partial charge on any atom is 0.316 e. The van der Waals surface area contributed by atoms with Gasteiger partial charge in [0.2, 0.25) is 5.88 Å². The van der Waals surface area contributed by atoms with Crippen molar-refractivity contribution in [3.05, 3.63) is 71.6 Å². The minimum absolute atomic E-state index is 0.0261. The number of thioether (sulfide) groups is 1. The average molecular weight is 593 g/mol. The zero-order valence-corrected chi connectivity index (χ0v) is 22.1. The second-order valence-electron chi connectivity index (χ2n) is 7.02. The molecule has 36 heavy (non-hydrogen) atoms. The van der Waals surface area contributed by atoms with Crippen molar-refractivity contribution in [2.24, 2.45) is 0 Å². The highest BCUT2D eigenvalue weighted by Gasteiger charge is 2.20. The number of hydrogen-bond acceptors (Lipinski definition) is 10. The van der Waals surface area contributed by atoms with Crippen LogP contribution in [0.1, 0.15) is 5.76 Å². The van der Waals surface area contributed by atoms with Crippen molar-refractivity contribution >= 4 is 43.7 Å². The Labute approximate surface area is 220 Å². The van der Waals surface area contributed by atoms with Crippen LogP contribution < -0.4 is 18.9 Å². The van der Waals surface area contributed by atoms with Crippen molar-refractivity contribution in [2.45, 2.75) is 11.4 Å². The standard InChI is InChI=1S/C22H21BrN6O5S2/c1-35-18-12-24-22(25-13-18)34-10-9-33-21-19(15-4-6-16(23)7-5-15)20(26-14-27-21)29-36(30,31)28-11-17-3-2-8-32-17/h2-8,12-14,28H,9-11H2,1H3,(H,26,27,29). The lowest BCUT2D eigenvalue weighted by molar-refractivity contribution is 0.201. The number of aromatic nitrogens is 4. The van der Waals surface area contributed by atoms with Crippen LogP contribution in [0.25, 0.3) is 11.1 Å². The number of ether oxygens (including phenoxy) is 2. The van der Waals surface area contributed by atoms with E-state index in [1.807, 2.05) is 18.4 Å². The summed E-state index contributed by atoms with van der Waals surface area (Å²) in [7, 11) is -3.99. The molecule has 0 spiro atoms. The molecule has 0 atom stereocenters. The fourth-order valence-electron chi connectivity index (χ4n) is 2.93. The van der Waals surface area contributed by atoms with Crippen LogP contribution in [0, 0.1) is 0 Å². The largest absolute Gasteiger partial charge is 0.473 e. The van der Waals surface area contributed by atoms with Crippen LogP contribution in [0.5, 0.6) is 11.9 Å². The van der Waals surface area contributed by atoms with E-state index in [-0.39, 0.29) is 37.5 Å². The summed E-state index contributed by atoms with van der Waals surface area (Å²) in [5.74, 6) is 0.691. The van der Waals surface area contributed by atoms with E-state index in [4.69, 9.17) is 13.9 Å². The summed E-state index contributed by atoms with van der Waals surface area (Å²) in [6.07, 6.45) is 7.95. The van der Waals surface area contributed by atoms with Gasteiger partial charge in [0.05, 0.1) is 18.4 Å². The second kappa shape index (κ2) is 12.2. The van der Waals surface area contributed by atoms with Crippen LogP contribution in [-0.4, -0.2) is 47.8 Å². The predicted molar refractivity (Wildman–Crippen MR) is 138 cm³/mol. The van der Waals surface area contributed by atoms with Crippen molar-refractivity contribution in [3.8, 4) is 23.0 Å². The zero-order valence-electron chi connectivity index (χ0n) is 18.9. The molecular formula is C22H21BrN6O5S2. The number of nitrogens with zero attached hydrogens (tertiary/aromatic N) is 4. The lowest BCUT2D eigenvalue weighted by Gasteiger charge is -2.15. The zero-order chi connectivity index (χ0) is 25.4. The van der Waals surface area contributed by atoms with Crippen molar-refractivity contribution in [3.63, 3.8) is 0 Å². The van der Waals surface area contributed by atoms with Crippen molar-refractivity contribution in [1.29, 1.82) is 0 Å². The topological polar surface area (TPSA) is 141 Å². The van der Waals surface area contributed by atoms with Crippen LogP contribution in [0.2, 0.25) is 0 Å². The van der Waals surface area contributed by atoms with Gasteiger partial charge < -0.3 is 13.9 Å². The minimum Gasteiger partial charge on any atom is -0.473 e. The Kier molecular flexibility index (Phi) is 8.74. The van der Waals surface area contributed by atoms with Crippen LogP contribution in [0.3, 0.4) is 0 Å². The Morgan fingerprint density at radius 2 is 1.78 bits per heavy atom. The number of halogens is 1. The first-order valence-electron chi connectivity index (χ1n) is 10.5. The van der Waals surface area contributed by atoms with E-state index < -0.39 is 10.2 Å². The monoisotopic (exact) mass is 592 g/mol. The molecule has 4 rings (SSSR count). The lowest BCUT2D eigenvalue weighted by atomic mass is 10.1. The molecule has 0 fully saturated rings. The molecule has 4 aromatic rings. The number of furan rings is 1. The molecule has 2 N–H and O–H groups in total. The van der Waals surface area contributed by atoms with Crippen molar-refractivity contribution in [1.82, 2.24) is 24.7 Å². The van der Waals surface area contributed by atoms with Gasteiger partial charge in [0.25, 0.3) is 0 Å². The Morgan fingerprint density at radius 1 is 1.03 bits per heavy atom. The molecule has 0 aliphatic heterocycles. The van der Waals surface area contributed by atoms with Gasteiger partial charge in [-0.25, -0.2) is 19.9 Å². The molecule has 3 heterocycles. The van der Waals surface area contributed by atoms with E-state index in [0.717, 1.165) is 9.37 Å². The van der Waals surface area contributed by atoms with Gasteiger partial charge >= 0.3 is 16.2 Å². The average Bonchev–Trinajstić information content (AvgIpc) is 3.40. The summed E-state index contributed by atoms with van der Waals surface area (Å²) < 4.78 is 47.7. The SMILES string of the molecule is CSc1cnc(OCCOc2ncnc(NS(=O)(=O)NCc3ccco3)c2-c2ccc(Br)cc2)nc1. The fourth-order valence-corrected chi connectivity index (χ4v) is 4.33. The fraction of sp³-hybridized carbons (Fsp3) is 0.182. The minimum atomic E-state index is -3.99. The van der Waals surface area contributed by atoms with E-state index in [2.05, 4.69) is 45.3 Å². The molecule has 11 nitrogen and oxygen atoms in total. The summed E-state index contributed by atoms with van der Waals surface area (Å²) in [5, 5.41) is 0. The van der Waals surface area contributed by atoms with Gasteiger partial charge in [0.15, 0.2) is 5.82 Å². The molecule has 14 heteroatoms. The van der Waals surface area contributed by atoms with E-state index in [1.54, 1.807) is 36.7 Å². The smallest absolute Gasteiger partial charge is 0.316 e. The first-order valence-corrected chi connectivity index (χ1v) is 14.0. The first kappa shape index (κ1) is 25.9. The van der Waals surface area contributed by atoms with Gasteiger partial charge in [-0.1, -0.05) is 28.1 Å². The maximum atomic E-state index is 12.7. The summed E-state index contributed by atoms with van der Waals surface area (Å²) >= 11 is 4.93. The van der Waals surface area contributed by atoms with Gasteiger partial charge in [-0.3, -0.25) is 4.72 Å². The Hall–Kier alpha value is -3.20. The molecule has 0 aliphatic rings. The van der Waals surface area contributed by atoms with Gasteiger partial charge in [-0.05, 0) is 36.1 Å². The van der Waals surface area contributed by atoms with Gasteiger partial charge in [-0.15, -0.1) is 11.8 Å². The van der Waals surface area contributed by atoms with E-state index in [1.165, 1.54) is 24.4 Å². The molecule has 0 bridgehead atoms. The van der Waals surface area contributed by atoms with Crippen LogP contribution in [0.4, 0.5) is 5.82 Å². The highest BCUT2D eigenvalue weighted by atomic mass is 79.9. The van der Waals surface area contributed by atoms with Gasteiger partial charge in [-0.2, -0.15) is 13.1 Å². The third kappa shape index (κ3) is 7.16. The number of nitrogens with one attached hydrogen (secondary N) is 2. The molecule has 0 saturated carbocycles. The number of benzene rings is 1. The Bertz CT molecular complexity index is 1370. The molecule has 0 amide bonds. The molecule has 0 radical (unpaired) electrons. The van der Waals surface area contributed by atoms with Crippen molar-refractivity contribution < 1.29 is 22.3 Å². The summed E-state index contributed by atoms with van der Waals surface area (Å²) in [4.78, 5) is 17.5. The third-order valence-electron chi connectivity index (χ3n) is 4.59. The van der Waals surface area contributed by atoms with E-state index in [9.17, 15) is 8.42 Å². The molecule has 188 valence electrons. The molecular weight excluding hydrogens is 572 g/mol. The molecule has 0 aliphatic carbocycles. The molecule has 3 aromatic heterocycles. The number of rotatable bonds is 12. The van der Waals surface area contributed by atoms with Crippen LogP contribution in [0.15, 0.2) is 75.2 Å². The molecule has 1 aromatic carbocycles. The van der Waals surface area contributed by atoms with E-state index >= 15 is 0 Å². The number of hydrogen-bond donors (Lipinski definition) is 2. The number of anilines is 1. The molecule has 0 saturated heterocycles. The maximum absolute atomic E-state index is 12.7. The third-order valence-corrected chi connectivity index (χ3v) is 6.78. The molecule has 0 unspecified atom stereocenters. The lowest BCUT2D eigenvalue weighted by Crippen LogP contribution is -2.30. The highest BCUT2D eigenvalue weighted by Crippen LogP contribution is 2.35. The van der Waals surface area contributed by atoms with Crippen LogP contribution >= 0.6 is 27.7 Å². The Morgan fingerprint density at radius 3 is 2.47 bits per heavy atom. The predicted octanol–water partition coefficient (Wildman–Crippen LogP) is 3.92. The second-order valence-corrected chi connectivity index (χ2v) is 10.3. The van der Waals surface area contributed by atoms with Gasteiger partial charge in [0, 0.05) is 21.8 Å². The summed E-state index contributed by atoms with van der Waals surface area (Å²) in [5.41, 5.74) is 1.02. The van der Waals surface area contributed by atoms with Gasteiger partial charge in [0.1, 0.15) is 25.3 Å².